The maximum absolute atomic E-state index is 11.2. The summed E-state index contributed by atoms with van der Waals surface area (Å²) < 4.78 is 0. The number of hydrogen-bond donors (Lipinski definition) is 5. The van der Waals surface area contributed by atoms with E-state index in [1.165, 1.54) is 12.1 Å². The van der Waals surface area contributed by atoms with Gasteiger partial charge in [0.1, 0.15) is 5.69 Å². The normalized spacial score (nSPS) is 17.9. The standard InChI is InChI=1S/C15H18N4O4/c1-2-11-5-3-4-6-12(11)10-16-17-14-8-7-13(18(20)21)9-15(14)19(22)23/h1,7-10,17-20,22H,3-6H2. The lowest BCUT2D eigenvalue weighted by molar-refractivity contribution is -0.996. The second-order valence-electron chi connectivity index (χ2n) is 5.10. The van der Waals surface area contributed by atoms with Crippen LogP contribution < -0.4 is 15.9 Å². The van der Waals surface area contributed by atoms with Gasteiger partial charge in [0, 0.05) is 11.6 Å². The maximum atomic E-state index is 11.2. The molecule has 8 heteroatoms. The summed E-state index contributed by atoms with van der Waals surface area (Å²) in [7, 11) is 0. The fourth-order valence-electron chi connectivity index (χ4n) is 2.37. The van der Waals surface area contributed by atoms with Crippen LogP contribution in [0.3, 0.4) is 0 Å². The zero-order chi connectivity index (χ0) is 16.8. The van der Waals surface area contributed by atoms with Crippen molar-refractivity contribution in [3.8, 4) is 12.3 Å². The monoisotopic (exact) mass is 318 g/mol. The fourth-order valence-corrected chi connectivity index (χ4v) is 2.37. The molecule has 23 heavy (non-hydrogen) atoms. The van der Waals surface area contributed by atoms with E-state index in [-0.39, 0.29) is 17.1 Å². The molecule has 0 saturated carbocycles. The minimum atomic E-state index is -1.23. The Morgan fingerprint density at radius 2 is 1.96 bits per heavy atom. The number of anilines is 1. The van der Waals surface area contributed by atoms with Crippen molar-refractivity contribution in [2.75, 3.05) is 5.43 Å². The number of nitrogens with zero attached hydrogens (tertiary/aromatic N) is 1. The number of allylic oxidation sites excluding steroid dienone is 2. The van der Waals surface area contributed by atoms with Gasteiger partial charge in [-0.05, 0) is 37.3 Å². The Morgan fingerprint density at radius 3 is 2.61 bits per heavy atom. The van der Waals surface area contributed by atoms with Crippen LogP contribution in [0.1, 0.15) is 25.7 Å². The van der Waals surface area contributed by atoms with Crippen LogP contribution in [0.5, 0.6) is 0 Å². The van der Waals surface area contributed by atoms with E-state index in [0.29, 0.717) is 0 Å². The first-order valence-electron chi connectivity index (χ1n) is 7.11. The summed E-state index contributed by atoms with van der Waals surface area (Å²) in [6, 6.07) is 3.79. The summed E-state index contributed by atoms with van der Waals surface area (Å²) in [5.41, 5.74) is 4.50. The molecule has 5 N–H and O–H groups in total. The van der Waals surface area contributed by atoms with Crippen LogP contribution in [-0.4, -0.2) is 16.6 Å². The van der Waals surface area contributed by atoms with Crippen LogP contribution >= 0.6 is 0 Å². The van der Waals surface area contributed by atoms with E-state index in [0.717, 1.165) is 42.9 Å². The first kappa shape index (κ1) is 17.1. The number of hydrogen-bond acceptors (Lipinski definition) is 6. The molecule has 0 bridgehead atoms. The second kappa shape index (κ2) is 7.85. The zero-order valence-electron chi connectivity index (χ0n) is 12.4. The van der Waals surface area contributed by atoms with Crippen LogP contribution in [0, 0.1) is 22.8 Å². The van der Waals surface area contributed by atoms with E-state index in [4.69, 9.17) is 11.6 Å². The van der Waals surface area contributed by atoms with Crippen molar-refractivity contribution in [1.29, 1.82) is 0 Å². The van der Waals surface area contributed by atoms with Crippen LogP contribution in [0.15, 0.2) is 34.4 Å². The quantitative estimate of drug-likeness (QED) is 0.306. The number of nitrogens with one attached hydrogen (secondary N) is 3. The summed E-state index contributed by atoms with van der Waals surface area (Å²) in [6.45, 7) is 0. The molecule has 1 aromatic carbocycles. The first-order valence-corrected chi connectivity index (χ1v) is 7.11. The Balaban J connectivity index is 2.18. The SMILES string of the molecule is C#CC1=C(C=NNc2ccc([NH+]([O-])O)cc2[NH+]([O-])O)CCCC1. The summed E-state index contributed by atoms with van der Waals surface area (Å²) >= 11 is 0. The van der Waals surface area contributed by atoms with Gasteiger partial charge in [-0.3, -0.25) is 5.43 Å². The third-order valence-electron chi connectivity index (χ3n) is 3.59. The highest BCUT2D eigenvalue weighted by Gasteiger charge is 2.13. The Kier molecular flexibility index (Phi) is 5.84. The molecule has 1 aromatic rings. The third kappa shape index (κ3) is 4.37. The van der Waals surface area contributed by atoms with Gasteiger partial charge in [0.25, 0.3) is 0 Å². The summed E-state index contributed by atoms with van der Waals surface area (Å²) in [5, 5.41) is 41.9. The number of terminal acetylenes is 1. The molecule has 0 heterocycles. The van der Waals surface area contributed by atoms with Gasteiger partial charge in [-0.25, -0.2) is 10.4 Å². The summed E-state index contributed by atoms with van der Waals surface area (Å²) in [4.78, 5) is 0. The summed E-state index contributed by atoms with van der Waals surface area (Å²) in [6.07, 6.45) is 10.9. The molecule has 0 fully saturated rings. The average molecular weight is 318 g/mol. The molecule has 122 valence electrons. The van der Waals surface area contributed by atoms with Gasteiger partial charge in [0.05, 0.1) is 12.3 Å². The van der Waals surface area contributed by atoms with E-state index >= 15 is 0 Å². The minimum absolute atomic E-state index is 0.0958. The Hall–Kier alpha value is -2.25. The lowest BCUT2D eigenvalue weighted by Crippen LogP contribution is -3.00. The van der Waals surface area contributed by atoms with E-state index in [2.05, 4.69) is 16.4 Å². The van der Waals surface area contributed by atoms with E-state index < -0.39 is 10.5 Å². The molecule has 0 aromatic heterocycles. The number of quaternary nitrogens is 2. The molecule has 0 saturated heterocycles. The van der Waals surface area contributed by atoms with Crippen molar-refractivity contribution in [3.63, 3.8) is 0 Å². The number of rotatable bonds is 5. The molecular formula is C15H18N4O4. The van der Waals surface area contributed by atoms with Gasteiger partial charge in [-0.1, -0.05) is 5.92 Å². The Bertz CT molecular complexity index is 662. The van der Waals surface area contributed by atoms with Gasteiger partial charge in [0.2, 0.25) is 0 Å². The van der Waals surface area contributed by atoms with Gasteiger partial charge in [-0.2, -0.15) is 15.6 Å². The Morgan fingerprint density at radius 1 is 1.22 bits per heavy atom. The lowest BCUT2D eigenvalue weighted by atomic mass is 9.93. The van der Waals surface area contributed by atoms with Crippen molar-refractivity contribution in [3.05, 3.63) is 39.8 Å². The highest BCUT2D eigenvalue weighted by molar-refractivity contribution is 5.82. The smallest absolute Gasteiger partial charge is 0.195 e. The van der Waals surface area contributed by atoms with E-state index in [9.17, 15) is 15.6 Å². The van der Waals surface area contributed by atoms with Crippen molar-refractivity contribution < 1.29 is 20.9 Å². The molecule has 0 spiro atoms. The van der Waals surface area contributed by atoms with Crippen LogP contribution in [0.2, 0.25) is 0 Å². The van der Waals surface area contributed by atoms with Crippen LogP contribution in [-0.2, 0) is 0 Å². The molecular weight excluding hydrogens is 300 g/mol. The maximum Gasteiger partial charge on any atom is 0.195 e. The predicted molar refractivity (Wildman–Crippen MR) is 84.4 cm³/mol. The second-order valence-corrected chi connectivity index (χ2v) is 5.10. The van der Waals surface area contributed by atoms with E-state index in [1.807, 2.05) is 0 Å². The van der Waals surface area contributed by atoms with Gasteiger partial charge in [-0.15, -0.1) is 6.42 Å². The predicted octanol–water partition coefficient (Wildman–Crippen LogP) is 0.395. The molecule has 1 aliphatic carbocycles. The van der Waals surface area contributed by atoms with Crippen molar-refractivity contribution in [1.82, 2.24) is 0 Å². The van der Waals surface area contributed by atoms with Gasteiger partial charge in [0.15, 0.2) is 11.4 Å². The van der Waals surface area contributed by atoms with Crippen molar-refractivity contribution in [2.24, 2.45) is 5.10 Å². The Labute approximate surface area is 133 Å². The zero-order valence-corrected chi connectivity index (χ0v) is 12.4. The molecule has 1 aliphatic rings. The third-order valence-corrected chi connectivity index (χ3v) is 3.59. The topological polar surface area (TPSA) is 120 Å². The molecule has 8 nitrogen and oxygen atoms in total. The largest absolute Gasteiger partial charge is 0.595 e. The first-order chi connectivity index (χ1) is 11.0. The van der Waals surface area contributed by atoms with Crippen molar-refractivity contribution >= 4 is 23.3 Å². The molecule has 0 aliphatic heterocycles. The highest BCUT2D eigenvalue weighted by Crippen LogP contribution is 2.23. The van der Waals surface area contributed by atoms with Crippen LogP contribution in [0.4, 0.5) is 17.1 Å². The molecule has 2 rings (SSSR count). The molecule has 2 atom stereocenters. The fraction of sp³-hybridized carbons (Fsp3) is 0.267. The van der Waals surface area contributed by atoms with Gasteiger partial charge >= 0.3 is 0 Å². The number of hydrazone groups is 1. The lowest BCUT2D eigenvalue weighted by Gasteiger charge is -2.18. The highest BCUT2D eigenvalue weighted by atomic mass is 16.8. The molecule has 0 amide bonds. The molecule has 0 radical (unpaired) electrons. The van der Waals surface area contributed by atoms with Crippen LogP contribution in [0.25, 0.3) is 0 Å². The summed E-state index contributed by atoms with van der Waals surface area (Å²) in [5.74, 6) is 2.65. The average Bonchev–Trinajstić information content (AvgIpc) is 2.55. The van der Waals surface area contributed by atoms with Gasteiger partial charge < -0.3 is 10.4 Å². The van der Waals surface area contributed by atoms with E-state index in [1.54, 1.807) is 6.21 Å². The van der Waals surface area contributed by atoms with Crippen molar-refractivity contribution in [2.45, 2.75) is 25.7 Å². The molecule has 2 unspecified atom stereocenters. The minimum Gasteiger partial charge on any atom is -0.595 e. The number of benzene rings is 1.